The van der Waals surface area contributed by atoms with Gasteiger partial charge in [0.05, 0.1) is 6.61 Å². The lowest BCUT2D eigenvalue weighted by atomic mass is 10.0. The molecule has 3 atom stereocenters. The van der Waals surface area contributed by atoms with Gasteiger partial charge < -0.3 is 29.7 Å². The summed E-state index contributed by atoms with van der Waals surface area (Å²) in [6.07, 6.45) is 2.07. The van der Waals surface area contributed by atoms with Crippen molar-refractivity contribution in [3.63, 3.8) is 0 Å². The first-order chi connectivity index (χ1) is 18.9. The summed E-state index contributed by atoms with van der Waals surface area (Å²) >= 11 is 0. The fourth-order valence-corrected chi connectivity index (χ4v) is 4.64. The van der Waals surface area contributed by atoms with Crippen molar-refractivity contribution in [3.8, 4) is 5.75 Å². The lowest BCUT2D eigenvalue weighted by molar-refractivity contribution is -0.149. The van der Waals surface area contributed by atoms with Crippen LogP contribution in [0.5, 0.6) is 5.75 Å². The summed E-state index contributed by atoms with van der Waals surface area (Å²) in [5.74, 6) is -0.972. The predicted octanol–water partition coefficient (Wildman–Crippen LogP) is 2.74. The van der Waals surface area contributed by atoms with Crippen LogP contribution in [0, 0.1) is 0 Å². The highest BCUT2D eigenvalue weighted by Crippen LogP contribution is 2.22. The summed E-state index contributed by atoms with van der Waals surface area (Å²) < 4.78 is 16.6. The molecular formula is C29H35N3O7. The maximum absolute atomic E-state index is 13.7. The smallest absolute Gasteiger partial charge is 0.408 e. The number of hydrogen-bond donors (Lipinski definition) is 2. The average Bonchev–Trinajstić information content (AvgIpc) is 3.44. The second-order valence-corrected chi connectivity index (χ2v) is 9.69. The number of nitrogens with zero attached hydrogens (tertiary/aromatic N) is 1. The van der Waals surface area contributed by atoms with Gasteiger partial charge in [-0.05, 0) is 42.5 Å². The van der Waals surface area contributed by atoms with E-state index in [1.807, 2.05) is 43.3 Å². The number of amides is 3. The number of carbonyl (C=O) groups is 4. The molecule has 0 saturated carbocycles. The number of carbonyl (C=O) groups excluding carboxylic acids is 4. The molecule has 10 heteroatoms. The van der Waals surface area contributed by atoms with Gasteiger partial charge in [-0.3, -0.25) is 9.59 Å². The zero-order valence-corrected chi connectivity index (χ0v) is 22.1. The number of benzene rings is 2. The number of ether oxygens (including phenoxy) is 3. The zero-order valence-electron chi connectivity index (χ0n) is 22.1. The highest BCUT2D eigenvalue weighted by molar-refractivity contribution is 5.93. The van der Waals surface area contributed by atoms with Crippen molar-refractivity contribution in [2.75, 3.05) is 19.8 Å². The Morgan fingerprint density at radius 3 is 2.72 bits per heavy atom. The van der Waals surface area contributed by atoms with Crippen molar-refractivity contribution < 1.29 is 33.4 Å². The van der Waals surface area contributed by atoms with E-state index in [4.69, 9.17) is 14.2 Å². The lowest BCUT2D eigenvalue weighted by Gasteiger charge is -2.29. The molecule has 2 bridgehead atoms. The van der Waals surface area contributed by atoms with Crippen molar-refractivity contribution in [2.24, 2.45) is 0 Å². The molecule has 2 aliphatic heterocycles. The van der Waals surface area contributed by atoms with Crippen LogP contribution in [0.2, 0.25) is 0 Å². The number of alkyl carbamates (subject to hydrolysis) is 1. The van der Waals surface area contributed by atoms with E-state index in [0.717, 1.165) is 17.5 Å². The second kappa shape index (κ2) is 13.6. The Labute approximate surface area is 228 Å². The third-order valence-corrected chi connectivity index (χ3v) is 6.74. The predicted molar refractivity (Wildman–Crippen MR) is 142 cm³/mol. The zero-order chi connectivity index (χ0) is 27.6. The van der Waals surface area contributed by atoms with E-state index >= 15 is 0 Å². The molecule has 0 aliphatic carbocycles. The fraction of sp³-hybridized carbons (Fsp3) is 0.448. The average molecular weight is 538 g/mol. The van der Waals surface area contributed by atoms with Gasteiger partial charge in [0.1, 0.15) is 31.0 Å². The minimum atomic E-state index is -1.03. The molecule has 2 aromatic carbocycles. The van der Waals surface area contributed by atoms with Crippen LogP contribution in [0.25, 0.3) is 0 Å². The minimum absolute atomic E-state index is 0.0569. The Morgan fingerprint density at radius 2 is 1.92 bits per heavy atom. The van der Waals surface area contributed by atoms with Crippen molar-refractivity contribution in [3.05, 3.63) is 65.7 Å². The van der Waals surface area contributed by atoms with E-state index in [1.54, 1.807) is 18.2 Å². The molecule has 0 radical (unpaired) electrons. The maximum atomic E-state index is 13.7. The van der Waals surface area contributed by atoms with Crippen LogP contribution < -0.4 is 15.4 Å². The minimum Gasteiger partial charge on any atom is -0.491 e. The molecule has 2 N–H and O–H groups in total. The van der Waals surface area contributed by atoms with Gasteiger partial charge >= 0.3 is 12.1 Å². The van der Waals surface area contributed by atoms with Crippen molar-refractivity contribution >= 4 is 23.9 Å². The molecule has 2 aliphatic rings. The van der Waals surface area contributed by atoms with Gasteiger partial charge in [-0.15, -0.1) is 0 Å². The number of nitrogens with one attached hydrogen (secondary N) is 2. The molecule has 2 heterocycles. The molecule has 0 spiro atoms. The van der Waals surface area contributed by atoms with Gasteiger partial charge in [0.25, 0.3) is 0 Å². The second-order valence-electron chi connectivity index (χ2n) is 9.69. The molecule has 0 aromatic heterocycles. The highest BCUT2D eigenvalue weighted by Gasteiger charge is 2.39. The van der Waals surface area contributed by atoms with E-state index in [-0.39, 0.29) is 26.2 Å². The largest absolute Gasteiger partial charge is 0.491 e. The van der Waals surface area contributed by atoms with Gasteiger partial charge in [-0.25, -0.2) is 9.59 Å². The monoisotopic (exact) mass is 537 g/mol. The normalized spacial score (nSPS) is 21.3. The van der Waals surface area contributed by atoms with Crippen LogP contribution in [0.15, 0.2) is 54.6 Å². The summed E-state index contributed by atoms with van der Waals surface area (Å²) in [4.78, 5) is 53.9. The number of rotatable bonds is 7. The van der Waals surface area contributed by atoms with Gasteiger partial charge in [-0.2, -0.15) is 0 Å². The Balaban J connectivity index is 1.54. The third-order valence-electron chi connectivity index (χ3n) is 6.74. The first-order valence-corrected chi connectivity index (χ1v) is 13.4. The Bertz CT molecular complexity index is 1160. The lowest BCUT2D eigenvalue weighted by Crippen LogP contribution is -2.56. The molecule has 4 rings (SSSR count). The fourth-order valence-electron chi connectivity index (χ4n) is 4.64. The standard InChI is InChI=1S/C29H35N3O7/c1-2-3-15-37-28(35)24-19-38-22-12-7-11-21(16-22)17-23(27(34)32-14-8-13-25(32)26(33)30-24)31-29(36)39-18-20-9-5-4-6-10-20/h4-7,9-12,16,23-25H,2-3,8,13-15,17-19H2,1H3,(H,30,33)(H,31,36)/t23-,24-,25-/m0/s1. The van der Waals surface area contributed by atoms with Crippen LogP contribution in [0.3, 0.4) is 0 Å². The molecule has 2 aromatic rings. The van der Waals surface area contributed by atoms with E-state index < -0.39 is 42.0 Å². The molecule has 0 unspecified atom stereocenters. The van der Waals surface area contributed by atoms with Gasteiger partial charge in [-0.1, -0.05) is 55.8 Å². The summed E-state index contributed by atoms with van der Waals surface area (Å²) in [6, 6.07) is 13.5. The van der Waals surface area contributed by atoms with Crippen LogP contribution in [-0.4, -0.2) is 66.7 Å². The molecule has 39 heavy (non-hydrogen) atoms. The van der Waals surface area contributed by atoms with Crippen LogP contribution >= 0.6 is 0 Å². The van der Waals surface area contributed by atoms with E-state index in [2.05, 4.69) is 10.6 Å². The Kier molecular flexibility index (Phi) is 9.77. The molecule has 10 nitrogen and oxygen atoms in total. The molecule has 208 valence electrons. The van der Waals surface area contributed by atoms with Crippen LogP contribution in [0.1, 0.15) is 43.7 Å². The summed E-state index contributed by atoms with van der Waals surface area (Å²) in [5, 5.41) is 5.43. The van der Waals surface area contributed by atoms with E-state index in [1.165, 1.54) is 4.90 Å². The first kappa shape index (κ1) is 27.9. The quantitative estimate of drug-likeness (QED) is 0.411. The summed E-state index contributed by atoms with van der Waals surface area (Å²) in [7, 11) is 0. The first-order valence-electron chi connectivity index (χ1n) is 13.4. The van der Waals surface area contributed by atoms with E-state index in [0.29, 0.717) is 31.6 Å². The number of unbranched alkanes of at least 4 members (excludes halogenated alkanes) is 1. The summed E-state index contributed by atoms with van der Waals surface area (Å²) in [5.41, 5.74) is 1.56. The van der Waals surface area contributed by atoms with Gasteiger partial charge in [0.15, 0.2) is 6.04 Å². The van der Waals surface area contributed by atoms with Crippen molar-refractivity contribution in [2.45, 2.75) is 63.8 Å². The molecule has 1 saturated heterocycles. The van der Waals surface area contributed by atoms with Crippen molar-refractivity contribution in [1.29, 1.82) is 0 Å². The number of hydrogen-bond acceptors (Lipinski definition) is 7. The van der Waals surface area contributed by atoms with Gasteiger partial charge in [0.2, 0.25) is 11.8 Å². The van der Waals surface area contributed by atoms with E-state index in [9.17, 15) is 19.2 Å². The maximum Gasteiger partial charge on any atom is 0.408 e. The Hall–Kier alpha value is -4.08. The van der Waals surface area contributed by atoms with Crippen molar-refractivity contribution in [1.82, 2.24) is 15.5 Å². The molecular weight excluding hydrogens is 502 g/mol. The third kappa shape index (κ3) is 7.72. The highest BCUT2D eigenvalue weighted by atomic mass is 16.5. The number of fused-ring (bicyclic) bond motifs is 3. The Morgan fingerprint density at radius 1 is 1.10 bits per heavy atom. The SMILES string of the molecule is CCCCOC(=O)[C@@H]1COc2cccc(c2)C[C@H](NC(=O)OCc2ccccc2)C(=O)N2CCC[C@H]2C(=O)N1. The van der Waals surface area contributed by atoms with Gasteiger partial charge in [0, 0.05) is 13.0 Å². The number of esters is 1. The van der Waals surface area contributed by atoms with Crippen LogP contribution in [0.4, 0.5) is 4.79 Å². The molecule has 1 fully saturated rings. The topological polar surface area (TPSA) is 123 Å². The molecule has 3 amide bonds. The van der Waals surface area contributed by atoms with Crippen LogP contribution in [-0.2, 0) is 36.9 Å². The summed E-state index contributed by atoms with van der Waals surface area (Å²) in [6.45, 7) is 2.53.